The number of unbranched alkanes of at least 4 members (excludes halogenated alkanes) is 11. The summed E-state index contributed by atoms with van der Waals surface area (Å²) in [6.45, 7) is 4.34. The number of esters is 1. The van der Waals surface area contributed by atoms with Gasteiger partial charge in [0.05, 0.1) is 6.61 Å². The molecule has 0 aliphatic rings. The van der Waals surface area contributed by atoms with Crippen LogP contribution in [0.25, 0.3) is 0 Å². The Morgan fingerprint density at radius 3 is 1.53 bits per heavy atom. The maximum absolute atomic E-state index is 10.5. The van der Waals surface area contributed by atoms with E-state index in [0.717, 1.165) is 6.42 Å². The predicted molar refractivity (Wildman–Crippen MR) is 85.7 cm³/mol. The minimum atomic E-state index is -0.155. The van der Waals surface area contributed by atoms with E-state index < -0.39 is 0 Å². The molecule has 0 aromatic heterocycles. The van der Waals surface area contributed by atoms with E-state index in [9.17, 15) is 4.79 Å². The van der Waals surface area contributed by atoms with Crippen LogP contribution in [0.1, 0.15) is 93.8 Å². The number of rotatable bonds is 13. The number of carbonyl (C=O) groups excluding carboxylic acids is 1. The molecule has 112 valence electrons. The van der Waals surface area contributed by atoms with E-state index in [1.807, 2.05) is 0 Å². The van der Waals surface area contributed by atoms with Gasteiger partial charge in [0.25, 0.3) is 0 Å². The fraction of sp³-hybridized carbons (Fsp3) is 0.938. The Kier molecular flexibility index (Phi) is 21.7. The van der Waals surface area contributed by atoms with E-state index in [0.29, 0.717) is 6.61 Å². The Morgan fingerprint density at radius 1 is 0.789 bits per heavy atom. The molecule has 19 heavy (non-hydrogen) atoms. The summed E-state index contributed by atoms with van der Waals surface area (Å²) in [5.41, 5.74) is 0. The van der Waals surface area contributed by atoms with Crippen LogP contribution in [0.2, 0.25) is 0 Å². The van der Waals surface area contributed by atoms with E-state index in [1.165, 1.54) is 77.6 Å². The average molecular weight is 299 g/mol. The van der Waals surface area contributed by atoms with E-state index >= 15 is 0 Å². The molecule has 0 fully saturated rings. The van der Waals surface area contributed by atoms with Crippen LogP contribution >= 0.6 is 0 Å². The molecule has 3 heteroatoms. The summed E-state index contributed by atoms with van der Waals surface area (Å²) in [5.74, 6) is -0.155. The topological polar surface area (TPSA) is 26.3 Å². The van der Waals surface area contributed by atoms with Gasteiger partial charge >= 0.3 is 43.7 Å². The molecule has 0 spiro atoms. The molecule has 0 saturated carbocycles. The summed E-state index contributed by atoms with van der Waals surface area (Å²) in [5, 5.41) is 0. The molecule has 0 aliphatic heterocycles. The van der Waals surface area contributed by atoms with Crippen molar-refractivity contribution in [3.63, 3.8) is 0 Å². The van der Waals surface area contributed by atoms with Gasteiger partial charge in [-0.2, -0.15) is 0 Å². The molecule has 0 atom stereocenters. The molecule has 0 rings (SSSR count). The van der Waals surface area contributed by atoms with Crippen molar-refractivity contribution in [2.45, 2.75) is 90.9 Å². The Hall–Kier alpha value is 0.730. The SMILES string of the molecule is CCCCCCCCCCCCCCOC(C)=O.[Ca+2].[H-].[H-]. The Labute approximate surface area is 153 Å². The maximum atomic E-state index is 10.5. The van der Waals surface area contributed by atoms with E-state index in [1.54, 1.807) is 0 Å². The van der Waals surface area contributed by atoms with Gasteiger partial charge in [0, 0.05) is 6.92 Å². The number of ether oxygens (including phenoxy) is 1. The maximum Gasteiger partial charge on any atom is 2.00 e. The molecular formula is C16H34CaO2. The second kappa shape index (κ2) is 18.7. The van der Waals surface area contributed by atoms with Gasteiger partial charge in [0.2, 0.25) is 0 Å². The Morgan fingerprint density at radius 2 is 1.16 bits per heavy atom. The molecule has 0 aliphatic carbocycles. The van der Waals surface area contributed by atoms with Gasteiger partial charge in [-0.1, -0.05) is 77.6 Å². The van der Waals surface area contributed by atoms with Crippen LogP contribution in [0.3, 0.4) is 0 Å². The molecule has 0 unspecified atom stereocenters. The summed E-state index contributed by atoms with van der Waals surface area (Å²) < 4.78 is 4.89. The molecule has 0 amide bonds. The van der Waals surface area contributed by atoms with E-state index in [-0.39, 0.29) is 46.6 Å². The molecule has 0 N–H and O–H groups in total. The van der Waals surface area contributed by atoms with Crippen molar-refractivity contribution in [1.82, 2.24) is 0 Å². The van der Waals surface area contributed by atoms with Crippen molar-refractivity contribution in [3.05, 3.63) is 0 Å². The molecule has 0 aromatic rings. The van der Waals surface area contributed by atoms with Crippen LogP contribution in [-0.4, -0.2) is 50.3 Å². The van der Waals surface area contributed by atoms with Crippen molar-refractivity contribution in [3.8, 4) is 0 Å². The summed E-state index contributed by atoms with van der Waals surface area (Å²) in [6, 6.07) is 0. The first-order valence-corrected chi connectivity index (χ1v) is 7.90. The smallest absolute Gasteiger partial charge is 1.00 e. The van der Waals surface area contributed by atoms with Gasteiger partial charge in [0.1, 0.15) is 0 Å². The molecule has 2 nitrogen and oxygen atoms in total. The van der Waals surface area contributed by atoms with Gasteiger partial charge < -0.3 is 7.59 Å². The zero-order valence-corrected chi connectivity index (χ0v) is 15.4. The predicted octanol–water partition coefficient (Wildman–Crippen LogP) is 5.09. The molecular weight excluding hydrogens is 264 g/mol. The monoisotopic (exact) mass is 298 g/mol. The summed E-state index contributed by atoms with van der Waals surface area (Å²) in [6.07, 6.45) is 16.1. The number of carbonyl (C=O) groups is 1. The molecule has 0 aromatic carbocycles. The standard InChI is InChI=1S/C16H32O2.Ca.2H/c1-3-4-5-6-7-8-9-10-11-12-13-14-15-18-16(2)17;;;/h3-15H2,1-2H3;;;/q;+2;2*-1. The van der Waals surface area contributed by atoms with E-state index in [2.05, 4.69) is 6.92 Å². The van der Waals surface area contributed by atoms with Gasteiger partial charge in [-0.25, -0.2) is 0 Å². The van der Waals surface area contributed by atoms with Crippen LogP contribution in [0, 0.1) is 0 Å². The van der Waals surface area contributed by atoms with Crippen molar-refractivity contribution in [1.29, 1.82) is 0 Å². The second-order valence-corrected chi connectivity index (χ2v) is 5.23. The largest absolute Gasteiger partial charge is 2.00 e. The van der Waals surface area contributed by atoms with Crippen LogP contribution in [0.5, 0.6) is 0 Å². The van der Waals surface area contributed by atoms with Crippen molar-refractivity contribution in [2.75, 3.05) is 6.61 Å². The van der Waals surface area contributed by atoms with Crippen LogP contribution in [-0.2, 0) is 9.53 Å². The summed E-state index contributed by atoms with van der Waals surface area (Å²) >= 11 is 0. The average Bonchev–Trinajstić information content (AvgIpc) is 2.34. The quantitative estimate of drug-likeness (QED) is 0.269. The van der Waals surface area contributed by atoms with Gasteiger partial charge in [-0.05, 0) is 6.42 Å². The molecule has 0 heterocycles. The third kappa shape index (κ3) is 21.2. The minimum Gasteiger partial charge on any atom is -1.00 e. The van der Waals surface area contributed by atoms with Gasteiger partial charge in [-0.15, -0.1) is 0 Å². The van der Waals surface area contributed by atoms with Crippen molar-refractivity contribution in [2.24, 2.45) is 0 Å². The molecule has 0 saturated heterocycles. The fourth-order valence-electron chi connectivity index (χ4n) is 2.16. The third-order valence-electron chi connectivity index (χ3n) is 3.30. The van der Waals surface area contributed by atoms with Crippen molar-refractivity contribution >= 4 is 43.7 Å². The van der Waals surface area contributed by atoms with Crippen LogP contribution < -0.4 is 0 Å². The molecule has 0 radical (unpaired) electrons. The van der Waals surface area contributed by atoms with Crippen LogP contribution in [0.15, 0.2) is 0 Å². The first kappa shape index (κ1) is 22.0. The third-order valence-corrected chi connectivity index (χ3v) is 3.30. The number of hydrogen-bond acceptors (Lipinski definition) is 2. The first-order chi connectivity index (χ1) is 8.77. The minimum absolute atomic E-state index is 0. The zero-order chi connectivity index (χ0) is 13.5. The van der Waals surface area contributed by atoms with Gasteiger partial charge in [-0.3, -0.25) is 4.79 Å². The Balaban J connectivity index is -0.000000482. The molecule has 0 bridgehead atoms. The Bertz CT molecular complexity index is 193. The van der Waals surface area contributed by atoms with Gasteiger partial charge in [0.15, 0.2) is 0 Å². The van der Waals surface area contributed by atoms with Crippen LogP contribution in [0.4, 0.5) is 0 Å². The summed E-state index contributed by atoms with van der Waals surface area (Å²) in [7, 11) is 0. The second-order valence-electron chi connectivity index (χ2n) is 5.23. The normalized spacial score (nSPS) is 10.0. The fourth-order valence-corrected chi connectivity index (χ4v) is 2.16. The number of hydrogen-bond donors (Lipinski definition) is 0. The first-order valence-electron chi connectivity index (χ1n) is 7.90. The summed E-state index contributed by atoms with van der Waals surface area (Å²) in [4.78, 5) is 10.5. The van der Waals surface area contributed by atoms with E-state index in [4.69, 9.17) is 4.74 Å². The van der Waals surface area contributed by atoms with Crippen molar-refractivity contribution < 1.29 is 12.4 Å². The zero-order valence-electron chi connectivity index (χ0n) is 15.2.